The van der Waals surface area contributed by atoms with Gasteiger partial charge in [-0.1, -0.05) is 79.1 Å². The van der Waals surface area contributed by atoms with Gasteiger partial charge in [-0.05, 0) is 37.5 Å². The minimum atomic E-state index is 0.597. The monoisotopic (exact) mass is 424 g/mol. The number of hydrogen-bond acceptors (Lipinski definition) is 2. The number of hydrogen-bond donors (Lipinski definition) is 4. The second-order valence-corrected chi connectivity index (χ2v) is 8.55. The third kappa shape index (κ3) is 17.4. The van der Waals surface area contributed by atoms with E-state index in [0.29, 0.717) is 23.8 Å². The second kappa shape index (κ2) is 20.8. The predicted octanol–water partition coefficient (Wildman–Crippen LogP) is 4.79. The Labute approximate surface area is 187 Å². The lowest BCUT2D eigenvalue weighted by molar-refractivity contribution is 0.461. The van der Waals surface area contributed by atoms with Crippen LogP contribution in [0, 0.1) is 11.8 Å². The summed E-state index contributed by atoms with van der Waals surface area (Å²) < 4.78 is 0. The number of nitrogens with one attached hydrogen (secondary N) is 2. The van der Waals surface area contributed by atoms with Crippen LogP contribution in [-0.4, -0.2) is 38.1 Å². The molecule has 0 amide bonds. The maximum Gasteiger partial charge on any atom is 0.188 e. The van der Waals surface area contributed by atoms with Crippen molar-refractivity contribution in [2.75, 3.05) is 26.2 Å². The first-order valence-electron chi connectivity index (χ1n) is 12.6. The smallest absolute Gasteiger partial charge is 0.188 e. The molecule has 0 aromatic heterocycles. The average Bonchev–Trinajstić information content (AvgIpc) is 2.75. The SMILES string of the molecule is CCCCC(CC)CN=C(N)NCCCCCCNC(N)=NCC(CC)CCCC. The zero-order chi connectivity index (χ0) is 22.5. The van der Waals surface area contributed by atoms with Crippen LogP contribution < -0.4 is 22.1 Å². The van der Waals surface area contributed by atoms with Crippen molar-refractivity contribution in [1.82, 2.24) is 10.6 Å². The highest BCUT2D eigenvalue weighted by Gasteiger charge is 2.06. The normalized spacial score (nSPS) is 14.5. The Morgan fingerprint density at radius 2 is 1.03 bits per heavy atom. The molecule has 2 atom stereocenters. The number of rotatable bonds is 19. The summed E-state index contributed by atoms with van der Waals surface area (Å²) in [6.45, 7) is 12.4. The predicted molar refractivity (Wildman–Crippen MR) is 134 cm³/mol. The molecular weight excluding hydrogens is 372 g/mol. The molecule has 0 aliphatic rings. The molecule has 6 N–H and O–H groups in total. The van der Waals surface area contributed by atoms with E-state index in [-0.39, 0.29) is 0 Å². The molecule has 0 saturated heterocycles. The molecule has 6 heteroatoms. The highest BCUT2D eigenvalue weighted by Crippen LogP contribution is 2.13. The Hall–Kier alpha value is -1.46. The van der Waals surface area contributed by atoms with Gasteiger partial charge in [0.05, 0.1) is 0 Å². The molecule has 0 saturated carbocycles. The van der Waals surface area contributed by atoms with Crippen molar-refractivity contribution in [2.24, 2.45) is 33.3 Å². The summed E-state index contributed by atoms with van der Waals surface area (Å²) in [7, 11) is 0. The standard InChI is InChI=1S/C24H52N6/c1-5-9-15-21(7-3)19-29-23(25)27-17-13-11-12-14-18-28-24(26)30-20-22(8-4)16-10-6-2/h21-22H,5-20H2,1-4H3,(H3,25,27,29)(H3,26,28,30). The van der Waals surface area contributed by atoms with Crippen LogP contribution in [0.2, 0.25) is 0 Å². The molecule has 30 heavy (non-hydrogen) atoms. The zero-order valence-electron chi connectivity index (χ0n) is 20.5. The van der Waals surface area contributed by atoms with Crippen molar-refractivity contribution in [1.29, 1.82) is 0 Å². The Kier molecular flexibility index (Phi) is 19.8. The van der Waals surface area contributed by atoms with Crippen LogP contribution in [0.25, 0.3) is 0 Å². The second-order valence-electron chi connectivity index (χ2n) is 8.55. The Bertz CT molecular complexity index is 395. The van der Waals surface area contributed by atoms with Crippen molar-refractivity contribution in [3.8, 4) is 0 Å². The van der Waals surface area contributed by atoms with Crippen molar-refractivity contribution in [3.05, 3.63) is 0 Å². The van der Waals surface area contributed by atoms with E-state index in [0.717, 1.165) is 39.0 Å². The molecule has 178 valence electrons. The maximum absolute atomic E-state index is 5.99. The highest BCUT2D eigenvalue weighted by atomic mass is 15.1. The molecule has 0 aliphatic heterocycles. The first kappa shape index (κ1) is 28.5. The van der Waals surface area contributed by atoms with Crippen molar-refractivity contribution < 1.29 is 0 Å². The lowest BCUT2D eigenvalue weighted by atomic mass is 10.00. The van der Waals surface area contributed by atoms with Crippen LogP contribution in [0.5, 0.6) is 0 Å². The van der Waals surface area contributed by atoms with Crippen molar-refractivity contribution in [3.63, 3.8) is 0 Å². The number of aliphatic imine (C=N–C) groups is 2. The molecule has 0 rings (SSSR count). The van der Waals surface area contributed by atoms with E-state index in [4.69, 9.17) is 11.5 Å². The molecule has 0 fully saturated rings. The summed E-state index contributed by atoms with van der Waals surface area (Å²) in [5.41, 5.74) is 12.0. The first-order valence-corrected chi connectivity index (χ1v) is 12.6. The van der Waals surface area contributed by atoms with Gasteiger partial charge in [0.25, 0.3) is 0 Å². The van der Waals surface area contributed by atoms with Crippen LogP contribution >= 0.6 is 0 Å². The fourth-order valence-electron chi connectivity index (χ4n) is 3.44. The number of guanidine groups is 2. The van der Waals surface area contributed by atoms with Crippen LogP contribution in [0.4, 0.5) is 0 Å². The van der Waals surface area contributed by atoms with Gasteiger partial charge in [-0.3, -0.25) is 9.98 Å². The number of nitrogens with two attached hydrogens (primary N) is 2. The molecule has 0 bridgehead atoms. The van der Waals surface area contributed by atoms with Crippen molar-refractivity contribution >= 4 is 11.9 Å². The van der Waals surface area contributed by atoms with Gasteiger partial charge in [-0.25, -0.2) is 0 Å². The summed E-state index contributed by atoms with van der Waals surface area (Å²) >= 11 is 0. The van der Waals surface area contributed by atoms with E-state index in [1.807, 2.05) is 0 Å². The van der Waals surface area contributed by atoms with E-state index in [1.54, 1.807) is 0 Å². The van der Waals surface area contributed by atoms with E-state index in [9.17, 15) is 0 Å². The average molecular weight is 425 g/mol. The lowest BCUT2D eigenvalue weighted by Crippen LogP contribution is -2.33. The first-order chi connectivity index (χ1) is 14.6. The molecular formula is C24H52N6. The zero-order valence-corrected chi connectivity index (χ0v) is 20.5. The van der Waals surface area contributed by atoms with Crippen LogP contribution in [0.1, 0.15) is 105 Å². The fourth-order valence-corrected chi connectivity index (χ4v) is 3.44. The van der Waals surface area contributed by atoms with Crippen LogP contribution in [0.15, 0.2) is 9.98 Å². The third-order valence-corrected chi connectivity index (χ3v) is 5.84. The Morgan fingerprint density at radius 3 is 1.37 bits per heavy atom. The lowest BCUT2D eigenvalue weighted by Gasteiger charge is -2.12. The maximum atomic E-state index is 5.99. The molecule has 0 aromatic carbocycles. The van der Waals surface area contributed by atoms with E-state index < -0.39 is 0 Å². The van der Waals surface area contributed by atoms with Gasteiger partial charge in [-0.2, -0.15) is 0 Å². The molecule has 0 heterocycles. The van der Waals surface area contributed by atoms with Crippen LogP contribution in [0.3, 0.4) is 0 Å². The van der Waals surface area contributed by atoms with Gasteiger partial charge >= 0.3 is 0 Å². The summed E-state index contributed by atoms with van der Waals surface area (Å²) in [5.74, 6) is 2.52. The van der Waals surface area contributed by atoms with Gasteiger partial charge in [0.15, 0.2) is 11.9 Å². The van der Waals surface area contributed by atoms with Crippen LogP contribution in [-0.2, 0) is 0 Å². The van der Waals surface area contributed by atoms with Gasteiger partial charge in [0.2, 0.25) is 0 Å². The summed E-state index contributed by atoms with van der Waals surface area (Å²) in [6, 6.07) is 0. The van der Waals surface area contributed by atoms with E-state index >= 15 is 0 Å². The topological polar surface area (TPSA) is 101 Å². The van der Waals surface area contributed by atoms with Gasteiger partial charge in [0, 0.05) is 26.2 Å². The fraction of sp³-hybridized carbons (Fsp3) is 0.917. The summed E-state index contributed by atoms with van der Waals surface area (Å²) in [5, 5.41) is 6.50. The van der Waals surface area contributed by atoms with Gasteiger partial charge in [0.1, 0.15) is 0 Å². The van der Waals surface area contributed by atoms with E-state index in [2.05, 4.69) is 48.3 Å². The Balaban J connectivity index is 3.72. The van der Waals surface area contributed by atoms with Gasteiger partial charge in [-0.15, -0.1) is 0 Å². The molecule has 0 spiro atoms. The summed E-state index contributed by atoms with van der Waals surface area (Å²) in [6.07, 6.45) is 14.5. The van der Waals surface area contributed by atoms with Crippen molar-refractivity contribution in [2.45, 2.75) is 105 Å². The number of unbranched alkanes of at least 4 members (excludes halogenated alkanes) is 5. The summed E-state index contributed by atoms with van der Waals surface area (Å²) in [4.78, 5) is 9.03. The minimum absolute atomic E-state index is 0.597. The van der Waals surface area contributed by atoms with Gasteiger partial charge < -0.3 is 22.1 Å². The Morgan fingerprint density at radius 1 is 0.633 bits per heavy atom. The molecule has 0 radical (unpaired) electrons. The minimum Gasteiger partial charge on any atom is -0.370 e. The molecule has 6 nitrogen and oxygen atoms in total. The molecule has 0 aromatic rings. The highest BCUT2D eigenvalue weighted by molar-refractivity contribution is 5.78. The molecule has 0 aliphatic carbocycles. The quantitative estimate of drug-likeness (QED) is 0.136. The van der Waals surface area contributed by atoms with E-state index in [1.165, 1.54) is 64.2 Å². The third-order valence-electron chi connectivity index (χ3n) is 5.84. The largest absolute Gasteiger partial charge is 0.370 e. The number of nitrogens with zero attached hydrogens (tertiary/aromatic N) is 2. The molecule has 2 unspecified atom stereocenters.